The fourth-order valence-corrected chi connectivity index (χ4v) is 3.98. The van der Waals surface area contributed by atoms with Crippen molar-refractivity contribution in [2.45, 2.75) is 39.4 Å². The van der Waals surface area contributed by atoms with Crippen LogP contribution in [-0.4, -0.2) is 65.3 Å². The number of carbonyl (C=O) groups is 2. The van der Waals surface area contributed by atoms with Gasteiger partial charge in [-0.3, -0.25) is 9.69 Å². The zero-order valence-corrected chi connectivity index (χ0v) is 19.6. The van der Waals surface area contributed by atoms with E-state index < -0.39 is 12.1 Å². The highest BCUT2D eigenvalue weighted by Gasteiger charge is 2.38. The number of nitrogens with one attached hydrogen (secondary N) is 1. The monoisotopic (exact) mass is 486 g/mol. The minimum absolute atomic E-state index is 0.0661. The first kappa shape index (κ1) is 26.6. The summed E-state index contributed by atoms with van der Waals surface area (Å²) in [6.45, 7) is 11.1. The molecule has 3 rings (SSSR count). The van der Waals surface area contributed by atoms with Gasteiger partial charge in [0.05, 0.1) is 4.88 Å². The molecule has 1 fully saturated rings. The lowest BCUT2D eigenvalue weighted by molar-refractivity contribution is -0.192. The number of carbonyl (C=O) groups excluding carboxylic acids is 1. The summed E-state index contributed by atoms with van der Waals surface area (Å²) >= 11 is 1.45. The molecule has 0 bridgehead atoms. The molecule has 2 unspecified atom stereocenters. The number of alkyl halides is 3. The first-order chi connectivity index (χ1) is 15.5. The van der Waals surface area contributed by atoms with Crippen molar-refractivity contribution in [2.75, 3.05) is 36.4 Å². The Bertz CT molecular complexity index is 909. The summed E-state index contributed by atoms with van der Waals surface area (Å²) in [6.07, 6.45) is -2.08. The summed E-state index contributed by atoms with van der Waals surface area (Å²) in [5, 5.41) is 12.0. The molecule has 11 heteroatoms. The maximum atomic E-state index is 12.3. The second-order valence-corrected chi connectivity index (χ2v) is 8.90. The molecule has 0 radical (unpaired) electrons. The summed E-state index contributed by atoms with van der Waals surface area (Å²) in [6, 6.07) is 7.95. The number of amides is 1. The minimum atomic E-state index is -5.08. The number of thiophene rings is 1. The van der Waals surface area contributed by atoms with E-state index in [4.69, 9.17) is 9.90 Å². The largest absolute Gasteiger partial charge is 0.490 e. The quantitative estimate of drug-likeness (QED) is 0.622. The molecule has 2 N–H and O–H groups in total. The van der Waals surface area contributed by atoms with Gasteiger partial charge >= 0.3 is 12.1 Å². The number of hydrogen-bond acceptors (Lipinski definition) is 6. The third-order valence-electron chi connectivity index (χ3n) is 5.26. The van der Waals surface area contributed by atoms with Gasteiger partial charge < -0.3 is 15.3 Å². The summed E-state index contributed by atoms with van der Waals surface area (Å²) < 4.78 is 31.7. The molecule has 0 aromatic carbocycles. The van der Waals surface area contributed by atoms with Crippen molar-refractivity contribution < 1.29 is 27.9 Å². The highest BCUT2D eigenvalue weighted by molar-refractivity contribution is 7.12. The maximum absolute atomic E-state index is 12.3. The van der Waals surface area contributed by atoms with E-state index in [1.165, 1.54) is 24.3 Å². The molecule has 1 aliphatic rings. The van der Waals surface area contributed by atoms with E-state index in [2.05, 4.69) is 40.9 Å². The fraction of sp³-hybridized carbons (Fsp3) is 0.500. The van der Waals surface area contributed by atoms with Crippen molar-refractivity contribution in [1.29, 1.82) is 0 Å². The Balaban J connectivity index is 0.000000479. The molecule has 0 aliphatic carbocycles. The molecule has 1 saturated heterocycles. The number of carboxylic acid groups (broad SMARTS) is 1. The van der Waals surface area contributed by atoms with E-state index in [0.717, 1.165) is 41.9 Å². The van der Waals surface area contributed by atoms with Gasteiger partial charge in [0.15, 0.2) is 0 Å². The number of halogens is 3. The van der Waals surface area contributed by atoms with E-state index in [0.29, 0.717) is 6.04 Å². The smallest absolute Gasteiger partial charge is 0.475 e. The minimum Gasteiger partial charge on any atom is -0.475 e. The third-order valence-corrected chi connectivity index (χ3v) is 6.13. The first-order valence-corrected chi connectivity index (χ1v) is 11.5. The number of carboxylic acids is 1. The summed E-state index contributed by atoms with van der Waals surface area (Å²) in [5.74, 6) is -1.15. The Kier molecular flexibility index (Phi) is 9.66. The molecule has 2 aromatic heterocycles. The van der Waals surface area contributed by atoms with Crippen LogP contribution in [0, 0.1) is 5.92 Å². The number of hydrogen-bond donors (Lipinski definition) is 2. The third kappa shape index (κ3) is 8.32. The van der Waals surface area contributed by atoms with Crippen LogP contribution >= 0.6 is 11.3 Å². The number of nitrogens with zero attached hydrogens (tertiary/aromatic N) is 3. The molecule has 1 aliphatic heterocycles. The van der Waals surface area contributed by atoms with Crippen molar-refractivity contribution >= 4 is 34.7 Å². The SMILES string of the molecule is CCC(C)CN1CCN(c2cc(NC(=O)c3cccs3)ccn2)C(C)C1.O=C(O)C(F)(F)F. The Hall–Kier alpha value is -2.66. The summed E-state index contributed by atoms with van der Waals surface area (Å²) in [4.78, 5) is 31.3. The predicted octanol–water partition coefficient (Wildman–Crippen LogP) is 4.59. The van der Waals surface area contributed by atoms with Crippen LogP contribution in [0.25, 0.3) is 0 Å². The number of aromatic nitrogens is 1. The molecule has 0 saturated carbocycles. The van der Waals surface area contributed by atoms with Crippen LogP contribution < -0.4 is 10.2 Å². The van der Waals surface area contributed by atoms with Gasteiger partial charge in [-0.2, -0.15) is 13.2 Å². The lowest BCUT2D eigenvalue weighted by Gasteiger charge is -2.41. The van der Waals surface area contributed by atoms with E-state index in [9.17, 15) is 18.0 Å². The Morgan fingerprint density at radius 2 is 2.03 bits per heavy atom. The maximum Gasteiger partial charge on any atom is 0.490 e. The van der Waals surface area contributed by atoms with Crippen molar-refractivity contribution in [2.24, 2.45) is 5.92 Å². The Morgan fingerprint density at radius 1 is 1.33 bits per heavy atom. The van der Waals surface area contributed by atoms with Crippen molar-refractivity contribution in [3.8, 4) is 0 Å². The molecule has 182 valence electrons. The van der Waals surface area contributed by atoms with Gasteiger partial charge in [-0.05, 0) is 30.4 Å². The standard InChI is InChI=1S/C20H28N4OS.C2HF3O2/c1-4-15(2)13-23-9-10-24(16(3)14-23)19-12-17(7-8-21-19)22-20(25)18-6-5-11-26-18;3-2(4,5)1(6)7/h5-8,11-12,15-16H,4,9-10,13-14H2,1-3H3,(H,21,22,25);(H,6,7). The van der Waals surface area contributed by atoms with Gasteiger partial charge in [0.25, 0.3) is 5.91 Å². The molecule has 3 heterocycles. The van der Waals surface area contributed by atoms with Crippen LogP contribution in [-0.2, 0) is 4.79 Å². The van der Waals surface area contributed by atoms with Crippen molar-refractivity contribution in [3.05, 3.63) is 40.7 Å². The lowest BCUT2D eigenvalue weighted by Crippen LogP contribution is -2.53. The van der Waals surface area contributed by atoms with Crippen molar-refractivity contribution in [1.82, 2.24) is 9.88 Å². The van der Waals surface area contributed by atoms with Crippen LogP contribution in [0.1, 0.15) is 36.9 Å². The van der Waals surface area contributed by atoms with Gasteiger partial charge in [0.2, 0.25) is 0 Å². The second-order valence-electron chi connectivity index (χ2n) is 7.95. The van der Waals surface area contributed by atoms with Crippen molar-refractivity contribution in [3.63, 3.8) is 0 Å². The van der Waals surface area contributed by atoms with Crippen LogP contribution in [0.15, 0.2) is 35.8 Å². The van der Waals surface area contributed by atoms with Gasteiger partial charge in [0.1, 0.15) is 5.82 Å². The van der Waals surface area contributed by atoms with Gasteiger partial charge in [0, 0.05) is 50.2 Å². The average molecular weight is 487 g/mol. The summed E-state index contributed by atoms with van der Waals surface area (Å²) in [7, 11) is 0. The normalized spacial score (nSPS) is 17.6. The molecule has 33 heavy (non-hydrogen) atoms. The molecule has 2 atom stereocenters. The number of rotatable bonds is 6. The molecular formula is C22H29F3N4O3S. The zero-order chi connectivity index (χ0) is 24.6. The highest BCUT2D eigenvalue weighted by Crippen LogP contribution is 2.23. The Labute approximate surface area is 195 Å². The van der Waals surface area contributed by atoms with Crippen LogP contribution in [0.2, 0.25) is 0 Å². The van der Waals surface area contributed by atoms with Crippen LogP contribution in [0.3, 0.4) is 0 Å². The number of pyridine rings is 1. The second kappa shape index (κ2) is 12.0. The summed E-state index contributed by atoms with van der Waals surface area (Å²) in [5.41, 5.74) is 0.794. The lowest BCUT2D eigenvalue weighted by atomic mass is 10.1. The van der Waals surface area contributed by atoms with Crippen LogP contribution in [0.4, 0.5) is 24.7 Å². The average Bonchev–Trinajstić information content (AvgIpc) is 3.29. The Morgan fingerprint density at radius 3 is 2.58 bits per heavy atom. The van der Waals surface area contributed by atoms with E-state index in [1.54, 1.807) is 6.20 Å². The molecule has 2 aromatic rings. The fourth-order valence-electron chi connectivity index (χ4n) is 3.36. The number of piperazine rings is 1. The van der Waals surface area contributed by atoms with Crippen LogP contribution in [0.5, 0.6) is 0 Å². The number of aliphatic carboxylic acids is 1. The van der Waals surface area contributed by atoms with E-state index >= 15 is 0 Å². The number of anilines is 2. The van der Waals surface area contributed by atoms with E-state index in [-0.39, 0.29) is 5.91 Å². The van der Waals surface area contributed by atoms with Gasteiger partial charge in [-0.15, -0.1) is 11.3 Å². The molecular weight excluding hydrogens is 457 g/mol. The molecule has 0 spiro atoms. The van der Waals surface area contributed by atoms with Gasteiger partial charge in [-0.1, -0.05) is 26.3 Å². The molecule has 1 amide bonds. The predicted molar refractivity (Wildman–Crippen MR) is 123 cm³/mol. The zero-order valence-electron chi connectivity index (χ0n) is 18.8. The first-order valence-electron chi connectivity index (χ1n) is 10.6. The highest BCUT2D eigenvalue weighted by atomic mass is 32.1. The van der Waals surface area contributed by atoms with E-state index in [1.807, 2.05) is 29.6 Å². The topological polar surface area (TPSA) is 85.8 Å². The van der Waals surface area contributed by atoms with Gasteiger partial charge in [-0.25, -0.2) is 9.78 Å². The molecule has 7 nitrogen and oxygen atoms in total.